The fourth-order valence-electron chi connectivity index (χ4n) is 2.51. The molecule has 8 nitrogen and oxygen atoms in total. The Hall–Kier alpha value is -1.83. The van der Waals surface area contributed by atoms with Crippen molar-refractivity contribution in [2.75, 3.05) is 59.3 Å². The van der Waals surface area contributed by atoms with E-state index < -0.39 is 0 Å². The summed E-state index contributed by atoms with van der Waals surface area (Å²) in [7, 11) is 0. The molecule has 1 rings (SSSR count). The van der Waals surface area contributed by atoms with E-state index in [0.717, 1.165) is 31.3 Å². The van der Waals surface area contributed by atoms with Gasteiger partial charge in [-0.2, -0.15) is 5.26 Å². The molecule has 0 spiro atoms. The summed E-state index contributed by atoms with van der Waals surface area (Å²) in [5.41, 5.74) is 0.520. The van der Waals surface area contributed by atoms with Crippen LogP contribution in [0.4, 0.5) is 0 Å². The number of thioether (sulfide) groups is 1. The summed E-state index contributed by atoms with van der Waals surface area (Å²) < 4.78 is 22.1. The average molecular weight is 468 g/mol. The Bertz CT molecular complexity index is 669. The molecule has 0 radical (unpaired) electrons. The molecule has 1 amide bonds. The van der Waals surface area contributed by atoms with Crippen molar-refractivity contribution < 1.29 is 23.7 Å². The van der Waals surface area contributed by atoms with Gasteiger partial charge in [0.15, 0.2) is 0 Å². The van der Waals surface area contributed by atoms with Gasteiger partial charge in [0.25, 0.3) is 5.91 Å². The van der Waals surface area contributed by atoms with Crippen LogP contribution in [-0.2, 0) is 14.2 Å². The number of nitrogens with one attached hydrogen (secondary N) is 2. The molecule has 9 heteroatoms. The quantitative estimate of drug-likeness (QED) is 0.237. The third-order valence-electron chi connectivity index (χ3n) is 4.13. The smallest absolute Gasteiger partial charge is 0.251 e. The lowest BCUT2D eigenvalue weighted by atomic mass is 10.2. The predicted octanol–water partition coefficient (Wildman–Crippen LogP) is 2.84. The van der Waals surface area contributed by atoms with Crippen LogP contribution >= 0.6 is 11.8 Å². The number of hydrogen-bond acceptors (Lipinski definition) is 8. The lowest BCUT2D eigenvalue weighted by Crippen LogP contribution is -2.27. The lowest BCUT2D eigenvalue weighted by Gasteiger charge is -2.11. The second kappa shape index (κ2) is 18.7. The number of nitrogens with zero attached hydrogens (tertiary/aromatic N) is 1. The maximum Gasteiger partial charge on any atom is 0.251 e. The second-order valence-corrected chi connectivity index (χ2v) is 8.64. The zero-order valence-corrected chi connectivity index (χ0v) is 20.2. The molecular weight excluding hydrogens is 430 g/mol. The molecule has 0 aromatic heterocycles. The van der Waals surface area contributed by atoms with E-state index in [-0.39, 0.29) is 11.2 Å². The largest absolute Gasteiger partial charge is 0.492 e. The number of hydrogen-bond donors (Lipinski definition) is 2. The molecule has 0 aliphatic heterocycles. The Morgan fingerprint density at radius 3 is 2.41 bits per heavy atom. The summed E-state index contributed by atoms with van der Waals surface area (Å²) in [4.78, 5) is 12.3. The first-order valence-electron chi connectivity index (χ1n) is 11.0. The maximum absolute atomic E-state index is 12.3. The molecule has 1 atom stereocenters. The summed E-state index contributed by atoms with van der Waals surface area (Å²) in [5.74, 6) is 0.420. The molecule has 0 saturated carbocycles. The second-order valence-electron chi connectivity index (χ2n) is 7.41. The number of amides is 1. The molecular formula is C23H37N3O5S. The van der Waals surface area contributed by atoms with E-state index in [9.17, 15) is 4.79 Å². The van der Waals surface area contributed by atoms with E-state index >= 15 is 0 Å². The number of carbonyl (C=O) groups excluding carboxylic acids is 1. The van der Waals surface area contributed by atoms with Gasteiger partial charge in [-0.05, 0) is 49.9 Å². The monoisotopic (exact) mass is 467 g/mol. The van der Waals surface area contributed by atoms with Crippen LogP contribution in [0.2, 0.25) is 0 Å². The maximum atomic E-state index is 12.3. The van der Waals surface area contributed by atoms with Crippen LogP contribution in [-0.4, -0.2) is 76.5 Å². The molecule has 0 fully saturated rings. The van der Waals surface area contributed by atoms with Gasteiger partial charge >= 0.3 is 0 Å². The number of nitriles is 1. The Labute approximate surface area is 196 Å². The number of ether oxygens (including phenoxy) is 4. The highest BCUT2D eigenvalue weighted by Gasteiger charge is 2.08. The van der Waals surface area contributed by atoms with Gasteiger partial charge in [-0.3, -0.25) is 4.79 Å². The molecule has 32 heavy (non-hydrogen) atoms. The standard InChI is InChI=1S/C23H37N3O5S/c1-19(2)25-8-5-10-28-12-14-30-15-13-29-11-9-26-23(27)21-6-4-7-22(16-21)31-17-20(3)32-18-24/h4,6-7,16,19-20,25H,5,8-15,17H2,1-3H3,(H,26,27)/t20-/m0/s1. The van der Waals surface area contributed by atoms with Crippen LogP contribution in [0.3, 0.4) is 0 Å². The van der Waals surface area contributed by atoms with Crippen molar-refractivity contribution in [3.8, 4) is 11.2 Å². The summed E-state index contributed by atoms with van der Waals surface area (Å²) in [5, 5.41) is 16.9. The van der Waals surface area contributed by atoms with Gasteiger partial charge < -0.3 is 29.6 Å². The third kappa shape index (κ3) is 15.1. The van der Waals surface area contributed by atoms with Crippen molar-refractivity contribution >= 4 is 17.7 Å². The summed E-state index contributed by atoms with van der Waals surface area (Å²) in [6.45, 7) is 11.2. The topological polar surface area (TPSA) is 102 Å². The molecule has 1 aromatic carbocycles. The Balaban J connectivity index is 2.01. The molecule has 2 N–H and O–H groups in total. The minimum atomic E-state index is -0.185. The van der Waals surface area contributed by atoms with Crippen molar-refractivity contribution in [2.24, 2.45) is 0 Å². The van der Waals surface area contributed by atoms with Gasteiger partial charge in [0.2, 0.25) is 0 Å². The fourth-order valence-corrected chi connectivity index (χ4v) is 2.83. The zero-order chi connectivity index (χ0) is 23.4. The molecule has 0 bridgehead atoms. The number of rotatable bonds is 19. The predicted molar refractivity (Wildman–Crippen MR) is 127 cm³/mol. The van der Waals surface area contributed by atoms with Crippen molar-refractivity contribution in [1.82, 2.24) is 10.6 Å². The van der Waals surface area contributed by atoms with Crippen LogP contribution in [0.1, 0.15) is 37.6 Å². The first kappa shape index (κ1) is 28.2. The Morgan fingerprint density at radius 1 is 1.03 bits per heavy atom. The van der Waals surface area contributed by atoms with Gasteiger partial charge in [0, 0.05) is 24.8 Å². The fraction of sp³-hybridized carbons (Fsp3) is 0.652. The highest BCUT2D eigenvalue weighted by atomic mass is 32.2. The Kier molecular flexibility index (Phi) is 16.5. The summed E-state index contributed by atoms with van der Waals surface area (Å²) in [6.07, 6.45) is 0.991. The molecule has 0 aliphatic rings. The summed E-state index contributed by atoms with van der Waals surface area (Å²) >= 11 is 1.16. The minimum absolute atomic E-state index is 0.0586. The SMILES string of the molecule is CC(C)NCCCOCCOCCOCCNC(=O)c1cccc(OC[C@H](C)SC#N)c1. The molecule has 0 unspecified atom stereocenters. The first-order valence-corrected chi connectivity index (χ1v) is 11.9. The molecule has 180 valence electrons. The molecule has 0 heterocycles. The van der Waals surface area contributed by atoms with Gasteiger partial charge in [0.1, 0.15) is 17.8 Å². The van der Waals surface area contributed by atoms with Gasteiger partial charge in [-0.25, -0.2) is 0 Å². The highest BCUT2D eigenvalue weighted by Crippen LogP contribution is 2.16. The van der Waals surface area contributed by atoms with Gasteiger partial charge in [0.05, 0.1) is 38.3 Å². The van der Waals surface area contributed by atoms with E-state index in [1.165, 1.54) is 0 Å². The zero-order valence-electron chi connectivity index (χ0n) is 19.4. The van der Waals surface area contributed by atoms with E-state index in [2.05, 4.69) is 24.5 Å². The number of carbonyl (C=O) groups is 1. The summed E-state index contributed by atoms with van der Waals surface area (Å²) in [6, 6.07) is 7.49. The highest BCUT2D eigenvalue weighted by molar-refractivity contribution is 8.04. The number of benzene rings is 1. The van der Waals surface area contributed by atoms with Crippen LogP contribution in [0, 0.1) is 10.7 Å². The van der Waals surface area contributed by atoms with Crippen molar-refractivity contribution in [2.45, 2.75) is 38.5 Å². The Morgan fingerprint density at radius 2 is 1.72 bits per heavy atom. The molecule has 0 aliphatic carbocycles. The van der Waals surface area contributed by atoms with Crippen LogP contribution < -0.4 is 15.4 Å². The lowest BCUT2D eigenvalue weighted by molar-refractivity contribution is 0.0147. The molecule has 1 aromatic rings. The average Bonchev–Trinajstić information content (AvgIpc) is 2.78. The van der Waals surface area contributed by atoms with E-state index in [1.807, 2.05) is 12.3 Å². The van der Waals surface area contributed by atoms with Crippen LogP contribution in [0.15, 0.2) is 24.3 Å². The molecule has 0 saturated heterocycles. The third-order valence-corrected chi connectivity index (χ3v) is 4.77. The van der Waals surface area contributed by atoms with Crippen molar-refractivity contribution in [3.05, 3.63) is 29.8 Å². The van der Waals surface area contributed by atoms with E-state index in [0.29, 0.717) is 63.5 Å². The van der Waals surface area contributed by atoms with Crippen LogP contribution in [0.5, 0.6) is 5.75 Å². The van der Waals surface area contributed by atoms with Crippen LogP contribution in [0.25, 0.3) is 0 Å². The van der Waals surface area contributed by atoms with Crippen molar-refractivity contribution in [3.63, 3.8) is 0 Å². The van der Waals surface area contributed by atoms with E-state index in [4.69, 9.17) is 24.2 Å². The first-order chi connectivity index (χ1) is 15.5. The van der Waals surface area contributed by atoms with E-state index in [1.54, 1.807) is 24.3 Å². The van der Waals surface area contributed by atoms with Gasteiger partial charge in [-0.1, -0.05) is 19.9 Å². The minimum Gasteiger partial charge on any atom is -0.492 e. The van der Waals surface area contributed by atoms with Gasteiger partial charge in [-0.15, -0.1) is 0 Å². The number of thiocyanates is 1. The van der Waals surface area contributed by atoms with Crippen molar-refractivity contribution in [1.29, 1.82) is 5.26 Å². The normalized spacial score (nSPS) is 11.8.